The number of nitrogens with zero attached hydrogens (tertiary/aromatic N) is 2. The quantitative estimate of drug-likeness (QED) is 0.865. The molecular weight excluding hydrogens is 361 g/mol. The molecule has 1 aromatic rings. The highest BCUT2D eigenvalue weighted by Gasteiger charge is 2.25. The number of benzene rings is 1. The fourth-order valence-corrected chi connectivity index (χ4v) is 2.83. The van der Waals surface area contributed by atoms with Crippen molar-refractivity contribution in [3.05, 3.63) is 34.6 Å². The van der Waals surface area contributed by atoms with E-state index in [1.165, 1.54) is 12.1 Å². The fraction of sp³-hybridized carbons (Fsp3) is 0.556. The summed E-state index contributed by atoms with van der Waals surface area (Å²) in [5.74, 6) is -0.809. The highest BCUT2D eigenvalue weighted by atomic mass is 35.5. The summed E-state index contributed by atoms with van der Waals surface area (Å²) in [5, 5.41) is 2.87. The topological polar surface area (TPSA) is 61.9 Å². The Labute approximate surface area is 158 Å². The first-order valence-electron chi connectivity index (χ1n) is 8.59. The predicted molar refractivity (Wildman–Crippen MR) is 98.0 cm³/mol. The van der Waals surface area contributed by atoms with Crippen LogP contribution in [0.4, 0.5) is 9.18 Å². The van der Waals surface area contributed by atoms with Crippen molar-refractivity contribution in [2.24, 2.45) is 0 Å². The highest BCUT2D eigenvalue weighted by Crippen LogP contribution is 2.17. The van der Waals surface area contributed by atoms with Gasteiger partial charge in [0.2, 0.25) is 0 Å². The lowest BCUT2D eigenvalue weighted by Gasteiger charge is -2.35. The number of nitrogens with one attached hydrogen (secondary N) is 1. The minimum atomic E-state index is -0.500. The van der Waals surface area contributed by atoms with E-state index in [9.17, 15) is 14.0 Å². The summed E-state index contributed by atoms with van der Waals surface area (Å²) < 4.78 is 18.4. The van der Waals surface area contributed by atoms with Gasteiger partial charge in [0.15, 0.2) is 0 Å². The minimum Gasteiger partial charge on any atom is -0.444 e. The van der Waals surface area contributed by atoms with E-state index in [4.69, 9.17) is 16.3 Å². The van der Waals surface area contributed by atoms with E-state index >= 15 is 0 Å². The number of amides is 2. The van der Waals surface area contributed by atoms with Crippen LogP contribution in [0.15, 0.2) is 18.2 Å². The zero-order valence-corrected chi connectivity index (χ0v) is 16.1. The van der Waals surface area contributed by atoms with Gasteiger partial charge in [-0.15, -0.1) is 0 Å². The number of piperazine rings is 1. The van der Waals surface area contributed by atoms with Crippen LogP contribution in [0.25, 0.3) is 0 Å². The van der Waals surface area contributed by atoms with Crippen LogP contribution in [-0.2, 0) is 4.74 Å². The molecule has 2 rings (SSSR count). The number of carbonyl (C=O) groups is 2. The second kappa shape index (κ2) is 8.68. The molecule has 1 heterocycles. The molecule has 0 atom stereocenters. The third-order valence-corrected chi connectivity index (χ3v) is 4.23. The lowest BCUT2D eigenvalue weighted by Crippen LogP contribution is -2.51. The van der Waals surface area contributed by atoms with E-state index in [1.54, 1.807) is 4.90 Å². The molecule has 6 nitrogen and oxygen atoms in total. The molecule has 0 bridgehead atoms. The van der Waals surface area contributed by atoms with E-state index in [1.807, 2.05) is 20.8 Å². The van der Waals surface area contributed by atoms with Crippen molar-refractivity contribution in [3.8, 4) is 0 Å². The summed E-state index contributed by atoms with van der Waals surface area (Å²) in [5.41, 5.74) is -0.247. The minimum absolute atomic E-state index is 0.0912. The van der Waals surface area contributed by atoms with Gasteiger partial charge in [-0.1, -0.05) is 11.6 Å². The van der Waals surface area contributed by atoms with Crippen molar-refractivity contribution in [2.75, 3.05) is 39.3 Å². The first-order chi connectivity index (χ1) is 12.2. The van der Waals surface area contributed by atoms with Gasteiger partial charge in [-0.25, -0.2) is 9.18 Å². The second-order valence-electron chi connectivity index (χ2n) is 7.19. The van der Waals surface area contributed by atoms with E-state index in [0.29, 0.717) is 39.3 Å². The van der Waals surface area contributed by atoms with Crippen LogP contribution in [-0.4, -0.2) is 66.7 Å². The van der Waals surface area contributed by atoms with Crippen LogP contribution in [0.2, 0.25) is 5.02 Å². The van der Waals surface area contributed by atoms with E-state index < -0.39 is 11.4 Å². The van der Waals surface area contributed by atoms with Crippen molar-refractivity contribution in [1.82, 2.24) is 15.1 Å². The third-order valence-electron chi connectivity index (χ3n) is 3.91. The first kappa shape index (κ1) is 20.5. The van der Waals surface area contributed by atoms with Crippen LogP contribution in [0, 0.1) is 5.82 Å². The van der Waals surface area contributed by atoms with E-state index in [0.717, 1.165) is 6.07 Å². The third kappa shape index (κ3) is 6.14. The van der Waals surface area contributed by atoms with Crippen LogP contribution < -0.4 is 5.32 Å². The molecule has 0 aromatic heterocycles. The molecule has 0 radical (unpaired) electrons. The number of rotatable bonds is 4. The molecule has 1 fully saturated rings. The van der Waals surface area contributed by atoms with E-state index in [2.05, 4.69) is 10.2 Å². The van der Waals surface area contributed by atoms with Gasteiger partial charge in [-0.2, -0.15) is 0 Å². The maximum absolute atomic E-state index is 13.0. The van der Waals surface area contributed by atoms with Gasteiger partial charge < -0.3 is 15.0 Å². The van der Waals surface area contributed by atoms with Gasteiger partial charge >= 0.3 is 6.09 Å². The fourth-order valence-electron chi connectivity index (χ4n) is 2.58. The molecule has 1 saturated heterocycles. The zero-order valence-electron chi connectivity index (χ0n) is 15.3. The summed E-state index contributed by atoms with van der Waals surface area (Å²) >= 11 is 5.88. The SMILES string of the molecule is CC(C)(C)OC(=O)N1CCN(CCNC(=O)c2ccc(F)cc2Cl)CC1. The zero-order chi connectivity index (χ0) is 19.3. The number of halogens is 2. The first-order valence-corrected chi connectivity index (χ1v) is 8.97. The normalized spacial score (nSPS) is 15.7. The Morgan fingerprint density at radius 3 is 2.46 bits per heavy atom. The van der Waals surface area contributed by atoms with Gasteiger partial charge in [0.1, 0.15) is 11.4 Å². The van der Waals surface area contributed by atoms with Crippen molar-refractivity contribution in [3.63, 3.8) is 0 Å². The Bertz CT molecular complexity index is 656. The van der Waals surface area contributed by atoms with Gasteiger partial charge in [0, 0.05) is 39.3 Å². The van der Waals surface area contributed by atoms with Crippen molar-refractivity contribution < 1.29 is 18.7 Å². The van der Waals surface area contributed by atoms with E-state index in [-0.39, 0.29) is 22.6 Å². The van der Waals surface area contributed by atoms with Crippen LogP contribution in [0.1, 0.15) is 31.1 Å². The Kier molecular flexibility index (Phi) is 6.83. The summed E-state index contributed by atoms with van der Waals surface area (Å²) in [6.45, 7) is 9.25. The smallest absolute Gasteiger partial charge is 0.410 e. The van der Waals surface area contributed by atoms with Crippen molar-refractivity contribution >= 4 is 23.6 Å². The maximum atomic E-state index is 13.0. The predicted octanol–water partition coefficient (Wildman–Crippen LogP) is 2.76. The molecule has 0 unspecified atom stereocenters. The van der Waals surface area contributed by atoms with Crippen LogP contribution in [0.5, 0.6) is 0 Å². The molecule has 1 aliphatic heterocycles. The Balaban J connectivity index is 1.72. The number of hydrogen-bond acceptors (Lipinski definition) is 4. The maximum Gasteiger partial charge on any atom is 0.410 e. The summed E-state index contributed by atoms with van der Waals surface area (Å²) in [6.07, 6.45) is -0.295. The molecule has 1 aromatic carbocycles. The van der Waals surface area contributed by atoms with Crippen LogP contribution in [0.3, 0.4) is 0 Å². The van der Waals surface area contributed by atoms with Crippen LogP contribution >= 0.6 is 11.6 Å². The lowest BCUT2D eigenvalue weighted by atomic mass is 10.2. The molecule has 8 heteroatoms. The Morgan fingerprint density at radius 1 is 1.23 bits per heavy atom. The molecule has 1 aliphatic rings. The molecule has 1 N–H and O–H groups in total. The molecule has 144 valence electrons. The number of hydrogen-bond donors (Lipinski definition) is 1. The standard InChI is InChI=1S/C18H25ClFN3O3/c1-18(2,3)26-17(25)23-10-8-22(9-11-23)7-6-21-16(24)14-5-4-13(20)12-15(14)19/h4-5,12H,6-11H2,1-3H3,(H,21,24). The van der Waals surface area contributed by atoms with Gasteiger partial charge in [0.05, 0.1) is 10.6 Å². The van der Waals surface area contributed by atoms with Gasteiger partial charge in [0.25, 0.3) is 5.91 Å². The Hall–Kier alpha value is -1.86. The van der Waals surface area contributed by atoms with Gasteiger partial charge in [-0.3, -0.25) is 9.69 Å². The summed E-state index contributed by atoms with van der Waals surface area (Å²) in [4.78, 5) is 28.0. The van der Waals surface area contributed by atoms with Gasteiger partial charge in [-0.05, 0) is 39.0 Å². The Morgan fingerprint density at radius 2 is 1.88 bits per heavy atom. The average molecular weight is 386 g/mol. The lowest BCUT2D eigenvalue weighted by molar-refractivity contribution is 0.0147. The molecule has 0 spiro atoms. The summed E-state index contributed by atoms with van der Waals surface area (Å²) in [7, 11) is 0. The molecular formula is C18H25ClFN3O3. The molecule has 2 amide bonds. The molecule has 0 saturated carbocycles. The summed E-state index contributed by atoms with van der Waals surface area (Å²) in [6, 6.07) is 3.69. The number of carbonyl (C=O) groups excluding carboxylic acids is 2. The number of ether oxygens (including phenoxy) is 1. The average Bonchev–Trinajstić information content (AvgIpc) is 2.53. The molecule has 0 aliphatic carbocycles. The van der Waals surface area contributed by atoms with Crippen molar-refractivity contribution in [2.45, 2.75) is 26.4 Å². The molecule has 26 heavy (non-hydrogen) atoms. The monoisotopic (exact) mass is 385 g/mol. The van der Waals surface area contributed by atoms with Crippen molar-refractivity contribution in [1.29, 1.82) is 0 Å². The largest absolute Gasteiger partial charge is 0.444 e. The second-order valence-corrected chi connectivity index (χ2v) is 7.60. The highest BCUT2D eigenvalue weighted by molar-refractivity contribution is 6.33.